The van der Waals surface area contributed by atoms with Gasteiger partial charge in [0, 0.05) is 19.1 Å². The van der Waals surface area contributed by atoms with Gasteiger partial charge in [-0.2, -0.15) is 0 Å². The maximum atomic E-state index is 12.1. The van der Waals surface area contributed by atoms with Crippen molar-refractivity contribution in [3.05, 3.63) is 35.9 Å². The Hall–Kier alpha value is -1.39. The number of nitrogens with zero attached hydrogens (tertiary/aromatic N) is 1. The zero-order valence-electron chi connectivity index (χ0n) is 11.5. The lowest BCUT2D eigenvalue weighted by Gasteiger charge is -2.33. The number of hydrogen-bond acceptors (Lipinski definition) is 3. The van der Waals surface area contributed by atoms with Crippen LogP contribution < -0.4 is 11.1 Å². The van der Waals surface area contributed by atoms with E-state index in [9.17, 15) is 4.79 Å². The second-order valence-electron chi connectivity index (χ2n) is 5.18. The molecule has 0 radical (unpaired) electrons. The van der Waals surface area contributed by atoms with E-state index in [0.29, 0.717) is 19.0 Å². The molecule has 104 valence electrons. The summed E-state index contributed by atoms with van der Waals surface area (Å²) in [6.07, 6.45) is 1.70. The van der Waals surface area contributed by atoms with Crippen LogP contribution in [0, 0.1) is 0 Å². The van der Waals surface area contributed by atoms with Crippen LogP contribution in [-0.4, -0.2) is 36.0 Å². The normalized spacial score (nSPS) is 24.8. The Morgan fingerprint density at radius 3 is 2.79 bits per heavy atom. The van der Waals surface area contributed by atoms with Crippen LogP contribution in [0.3, 0.4) is 0 Å². The SMILES string of the molecule is CC1CCNC(=O)C(CCN)N1Cc1ccccc1. The average molecular weight is 261 g/mol. The van der Waals surface area contributed by atoms with Crippen molar-refractivity contribution in [2.75, 3.05) is 13.1 Å². The first-order valence-electron chi connectivity index (χ1n) is 7.00. The van der Waals surface area contributed by atoms with E-state index in [1.54, 1.807) is 0 Å². The van der Waals surface area contributed by atoms with Gasteiger partial charge >= 0.3 is 0 Å². The third kappa shape index (κ3) is 3.55. The van der Waals surface area contributed by atoms with Crippen molar-refractivity contribution < 1.29 is 4.79 Å². The maximum Gasteiger partial charge on any atom is 0.237 e. The first-order chi connectivity index (χ1) is 9.22. The number of nitrogens with one attached hydrogen (secondary N) is 1. The van der Waals surface area contributed by atoms with Gasteiger partial charge in [-0.3, -0.25) is 9.69 Å². The highest BCUT2D eigenvalue weighted by molar-refractivity contribution is 5.82. The molecule has 2 atom stereocenters. The van der Waals surface area contributed by atoms with Gasteiger partial charge in [0.2, 0.25) is 5.91 Å². The Kier molecular flexibility index (Phi) is 4.93. The molecule has 19 heavy (non-hydrogen) atoms. The summed E-state index contributed by atoms with van der Waals surface area (Å²) < 4.78 is 0. The second kappa shape index (κ2) is 6.68. The predicted molar refractivity (Wildman–Crippen MR) is 76.5 cm³/mol. The van der Waals surface area contributed by atoms with Crippen molar-refractivity contribution in [2.45, 2.75) is 38.4 Å². The van der Waals surface area contributed by atoms with E-state index in [1.807, 2.05) is 18.2 Å². The first kappa shape index (κ1) is 14.0. The minimum atomic E-state index is -0.109. The number of nitrogens with two attached hydrogens (primary N) is 1. The van der Waals surface area contributed by atoms with E-state index in [4.69, 9.17) is 5.73 Å². The van der Waals surface area contributed by atoms with Crippen LogP contribution in [0.4, 0.5) is 0 Å². The van der Waals surface area contributed by atoms with Gasteiger partial charge in [0.1, 0.15) is 0 Å². The quantitative estimate of drug-likeness (QED) is 0.854. The minimum absolute atomic E-state index is 0.109. The van der Waals surface area contributed by atoms with Gasteiger partial charge in [-0.05, 0) is 31.9 Å². The van der Waals surface area contributed by atoms with Gasteiger partial charge in [0.05, 0.1) is 6.04 Å². The summed E-state index contributed by atoms with van der Waals surface area (Å²) in [6.45, 7) is 4.29. The standard InChI is InChI=1S/C15H23N3O/c1-12-8-10-17-15(19)14(7-9-16)18(12)11-13-5-3-2-4-6-13/h2-6,12,14H,7-11,16H2,1H3,(H,17,19). The second-order valence-corrected chi connectivity index (χ2v) is 5.18. The largest absolute Gasteiger partial charge is 0.355 e. The summed E-state index contributed by atoms with van der Waals surface area (Å²) in [5.74, 6) is 0.116. The molecule has 0 bridgehead atoms. The van der Waals surface area contributed by atoms with E-state index in [-0.39, 0.29) is 11.9 Å². The summed E-state index contributed by atoms with van der Waals surface area (Å²) in [7, 11) is 0. The first-order valence-corrected chi connectivity index (χ1v) is 7.00. The van der Waals surface area contributed by atoms with E-state index in [2.05, 4.69) is 29.3 Å². The summed E-state index contributed by atoms with van der Waals surface area (Å²) in [6, 6.07) is 10.6. The molecule has 1 aromatic carbocycles. The topological polar surface area (TPSA) is 58.4 Å². The lowest BCUT2D eigenvalue weighted by atomic mass is 10.1. The van der Waals surface area contributed by atoms with Gasteiger partial charge in [-0.15, -0.1) is 0 Å². The number of amides is 1. The van der Waals surface area contributed by atoms with Gasteiger partial charge in [0.25, 0.3) is 0 Å². The molecule has 1 amide bonds. The lowest BCUT2D eigenvalue weighted by Crippen LogP contribution is -2.47. The molecular weight excluding hydrogens is 238 g/mol. The molecular formula is C15H23N3O. The molecule has 0 aromatic heterocycles. The molecule has 2 unspecified atom stereocenters. The maximum absolute atomic E-state index is 12.1. The molecule has 0 spiro atoms. The van der Waals surface area contributed by atoms with E-state index in [1.165, 1.54) is 5.56 Å². The summed E-state index contributed by atoms with van der Waals surface area (Å²) in [5.41, 5.74) is 6.91. The van der Waals surface area contributed by atoms with Crippen LogP contribution in [0.2, 0.25) is 0 Å². The number of carbonyl (C=O) groups is 1. The fraction of sp³-hybridized carbons (Fsp3) is 0.533. The highest BCUT2D eigenvalue weighted by Gasteiger charge is 2.31. The predicted octanol–water partition coefficient (Wildman–Crippen LogP) is 1.11. The Bertz CT molecular complexity index is 407. The zero-order valence-corrected chi connectivity index (χ0v) is 11.5. The molecule has 1 aromatic rings. The van der Waals surface area contributed by atoms with Crippen LogP contribution >= 0.6 is 0 Å². The molecule has 4 heteroatoms. The highest BCUT2D eigenvalue weighted by Crippen LogP contribution is 2.18. The third-order valence-electron chi connectivity index (χ3n) is 3.78. The Morgan fingerprint density at radius 2 is 2.11 bits per heavy atom. The molecule has 3 N–H and O–H groups in total. The summed E-state index contributed by atoms with van der Waals surface area (Å²) in [4.78, 5) is 14.4. The van der Waals surface area contributed by atoms with Crippen molar-refractivity contribution >= 4 is 5.91 Å². The molecule has 1 saturated heterocycles. The molecule has 2 rings (SSSR count). The van der Waals surface area contributed by atoms with Gasteiger partial charge in [-0.25, -0.2) is 0 Å². The molecule has 1 heterocycles. The van der Waals surface area contributed by atoms with Crippen molar-refractivity contribution in [3.63, 3.8) is 0 Å². The van der Waals surface area contributed by atoms with Gasteiger partial charge in [-0.1, -0.05) is 30.3 Å². The summed E-state index contributed by atoms with van der Waals surface area (Å²) in [5, 5.41) is 2.99. The van der Waals surface area contributed by atoms with E-state index >= 15 is 0 Å². The Labute approximate surface area is 115 Å². The van der Waals surface area contributed by atoms with Crippen LogP contribution in [0.15, 0.2) is 30.3 Å². The minimum Gasteiger partial charge on any atom is -0.355 e. The Morgan fingerprint density at radius 1 is 1.37 bits per heavy atom. The van der Waals surface area contributed by atoms with Crippen LogP contribution in [0.25, 0.3) is 0 Å². The third-order valence-corrected chi connectivity index (χ3v) is 3.78. The number of rotatable bonds is 4. The number of carbonyl (C=O) groups excluding carboxylic acids is 1. The van der Waals surface area contributed by atoms with Crippen LogP contribution in [0.5, 0.6) is 0 Å². The van der Waals surface area contributed by atoms with Crippen LogP contribution in [-0.2, 0) is 11.3 Å². The van der Waals surface area contributed by atoms with E-state index in [0.717, 1.165) is 19.5 Å². The van der Waals surface area contributed by atoms with Crippen molar-refractivity contribution in [2.24, 2.45) is 5.73 Å². The van der Waals surface area contributed by atoms with Crippen LogP contribution in [0.1, 0.15) is 25.3 Å². The number of hydrogen-bond donors (Lipinski definition) is 2. The highest BCUT2D eigenvalue weighted by atomic mass is 16.2. The number of benzene rings is 1. The van der Waals surface area contributed by atoms with Gasteiger partial charge < -0.3 is 11.1 Å². The molecule has 0 saturated carbocycles. The molecule has 1 fully saturated rings. The monoisotopic (exact) mass is 261 g/mol. The fourth-order valence-electron chi connectivity index (χ4n) is 2.66. The fourth-order valence-corrected chi connectivity index (χ4v) is 2.66. The Balaban J connectivity index is 2.17. The molecule has 4 nitrogen and oxygen atoms in total. The zero-order chi connectivity index (χ0) is 13.7. The van der Waals surface area contributed by atoms with Crippen molar-refractivity contribution in [1.29, 1.82) is 0 Å². The molecule has 1 aliphatic heterocycles. The molecule has 1 aliphatic rings. The summed E-state index contributed by atoms with van der Waals surface area (Å²) >= 11 is 0. The average Bonchev–Trinajstić information content (AvgIpc) is 2.54. The van der Waals surface area contributed by atoms with Gasteiger partial charge in [0.15, 0.2) is 0 Å². The molecule has 0 aliphatic carbocycles. The van der Waals surface area contributed by atoms with Crippen molar-refractivity contribution in [3.8, 4) is 0 Å². The smallest absolute Gasteiger partial charge is 0.237 e. The lowest BCUT2D eigenvalue weighted by molar-refractivity contribution is -0.126. The van der Waals surface area contributed by atoms with E-state index < -0.39 is 0 Å². The van der Waals surface area contributed by atoms with Crippen molar-refractivity contribution in [1.82, 2.24) is 10.2 Å².